The fourth-order valence-corrected chi connectivity index (χ4v) is 1.35. The Morgan fingerprint density at radius 2 is 1.85 bits per heavy atom. The van der Waals surface area contributed by atoms with Gasteiger partial charge in [-0.1, -0.05) is 12.1 Å². The smallest absolute Gasteiger partial charge is 0.193 e. The zero-order valence-electron chi connectivity index (χ0n) is 6.69. The Morgan fingerprint density at radius 3 is 2.62 bits per heavy atom. The van der Waals surface area contributed by atoms with E-state index in [4.69, 9.17) is 5.11 Å². The first kappa shape index (κ1) is 7.73. The third kappa shape index (κ3) is 1.14. The minimum atomic E-state index is -0.367. The van der Waals surface area contributed by atoms with Crippen LogP contribution in [-0.4, -0.2) is 10.2 Å². The summed E-state index contributed by atoms with van der Waals surface area (Å²) in [5, 5.41) is 30.6. The quantitative estimate of drug-likeness (QED) is 0.645. The fourth-order valence-electron chi connectivity index (χ4n) is 1.35. The van der Waals surface area contributed by atoms with Gasteiger partial charge in [-0.15, -0.1) is 0 Å². The third-order valence-electron chi connectivity index (χ3n) is 1.90. The van der Waals surface area contributed by atoms with Gasteiger partial charge in [-0.25, -0.2) is 0 Å². The van der Waals surface area contributed by atoms with Crippen LogP contribution in [0.5, 0.6) is 17.2 Å². The van der Waals surface area contributed by atoms with Gasteiger partial charge in [-0.05, 0) is 17.5 Å². The summed E-state index contributed by atoms with van der Waals surface area (Å²) in [7, 11) is 0. The van der Waals surface area contributed by atoms with E-state index in [-0.39, 0.29) is 22.6 Å². The fraction of sp³-hybridized carbons (Fsp3) is 0. The molecule has 3 heteroatoms. The van der Waals surface area contributed by atoms with Gasteiger partial charge in [0.15, 0.2) is 5.75 Å². The molecule has 0 heterocycles. The highest BCUT2D eigenvalue weighted by atomic mass is 16.3. The molecule has 0 aliphatic carbocycles. The van der Waals surface area contributed by atoms with Crippen LogP contribution in [0.3, 0.4) is 0 Å². The molecule has 3 nitrogen and oxygen atoms in total. The van der Waals surface area contributed by atoms with Crippen molar-refractivity contribution in [1.29, 1.82) is 0 Å². The molecule has 2 N–H and O–H groups in total. The van der Waals surface area contributed by atoms with E-state index < -0.39 is 0 Å². The Hall–Kier alpha value is -1.90. The van der Waals surface area contributed by atoms with E-state index in [1.54, 1.807) is 12.1 Å². The highest BCUT2D eigenvalue weighted by molar-refractivity contribution is 5.94. The lowest BCUT2D eigenvalue weighted by Crippen LogP contribution is -1.74. The average molecular weight is 175 g/mol. The van der Waals surface area contributed by atoms with Crippen molar-refractivity contribution >= 4 is 10.8 Å². The highest BCUT2D eigenvalue weighted by Crippen LogP contribution is 2.35. The second-order valence-electron chi connectivity index (χ2n) is 2.82. The van der Waals surface area contributed by atoms with Crippen LogP contribution >= 0.6 is 0 Å². The number of fused-ring (bicyclic) bond motifs is 1. The van der Waals surface area contributed by atoms with E-state index in [0.717, 1.165) is 6.07 Å². The van der Waals surface area contributed by atoms with E-state index in [9.17, 15) is 10.2 Å². The van der Waals surface area contributed by atoms with Crippen LogP contribution in [-0.2, 0) is 5.11 Å². The van der Waals surface area contributed by atoms with Gasteiger partial charge in [0.2, 0.25) is 0 Å². The number of hydrogen-bond donors (Lipinski definition) is 2. The summed E-state index contributed by atoms with van der Waals surface area (Å²) in [4.78, 5) is 0. The van der Waals surface area contributed by atoms with Crippen molar-refractivity contribution in [1.82, 2.24) is 0 Å². The Kier molecular flexibility index (Phi) is 1.52. The van der Waals surface area contributed by atoms with E-state index in [1.807, 2.05) is 0 Å². The number of hydrogen-bond acceptors (Lipinski definition) is 2. The molecule has 0 amide bonds. The molecule has 0 spiro atoms. The van der Waals surface area contributed by atoms with Gasteiger partial charge in [-0.3, -0.25) is 5.11 Å². The molecule has 0 bridgehead atoms. The molecule has 0 aliphatic rings. The van der Waals surface area contributed by atoms with Crippen LogP contribution in [0.25, 0.3) is 10.8 Å². The van der Waals surface area contributed by atoms with Crippen LogP contribution in [0.1, 0.15) is 0 Å². The number of rotatable bonds is 0. The van der Waals surface area contributed by atoms with Gasteiger partial charge in [0, 0.05) is 6.07 Å². The lowest BCUT2D eigenvalue weighted by Gasteiger charge is -2.01. The highest BCUT2D eigenvalue weighted by Gasteiger charge is 2.07. The summed E-state index contributed by atoms with van der Waals surface area (Å²) >= 11 is 0. The van der Waals surface area contributed by atoms with Gasteiger partial charge in [-0.2, -0.15) is 0 Å². The number of benzene rings is 2. The lowest BCUT2D eigenvalue weighted by molar-refractivity contribution is 0.355. The van der Waals surface area contributed by atoms with Crippen LogP contribution in [0.15, 0.2) is 30.3 Å². The molecule has 65 valence electrons. The molecule has 2 rings (SSSR count). The van der Waals surface area contributed by atoms with E-state index in [1.165, 1.54) is 12.1 Å². The van der Waals surface area contributed by atoms with Gasteiger partial charge in [0.1, 0.15) is 11.5 Å². The predicted octanol–water partition coefficient (Wildman–Crippen LogP) is 2.39. The molecular formula is C10H7O3. The first-order chi connectivity index (χ1) is 6.18. The Labute approximate surface area is 74.5 Å². The molecule has 0 fully saturated rings. The second kappa shape index (κ2) is 2.55. The number of phenols is 2. The topological polar surface area (TPSA) is 60.4 Å². The Morgan fingerprint density at radius 1 is 1.08 bits per heavy atom. The molecule has 0 aliphatic heterocycles. The monoisotopic (exact) mass is 175 g/mol. The predicted molar refractivity (Wildman–Crippen MR) is 47.4 cm³/mol. The van der Waals surface area contributed by atoms with Crippen molar-refractivity contribution in [2.75, 3.05) is 0 Å². The largest absolute Gasteiger partial charge is 0.508 e. The number of aromatic hydroxyl groups is 2. The normalized spacial score (nSPS) is 10.5. The molecule has 0 unspecified atom stereocenters. The minimum Gasteiger partial charge on any atom is -0.508 e. The van der Waals surface area contributed by atoms with Crippen LogP contribution in [0, 0.1) is 0 Å². The first-order valence-corrected chi connectivity index (χ1v) is 3.80. The van der Waals surface area contributed by atoms with Crippen LogP contribution in [0.4, 0.5) is 0 Å². The average Bonchev–Trinajstić information content (AvgIpc) is 2.02. The summed E-state index contributed by atoms with van der Waals surface area (Å²) in [6, 6.07) is 7.26. The summed E-state index contributed by atoms with van der Waals surface area (Å²) in [6.45, 7) is 0. The molecule has 2 aromatic rings. The third-order valence-corrected chi connectivity index (χ3v) is 1.90. The zero-order chi connectivity index (χ0) is 9.42. The van der Waals surface area contributed by atoms with Gasteiger partial charge in [0.05, 0.1) is 5.39 Å². The first-order valence-electron chi connectivity index (χ1n) is 3.80. The minimum absolute atomic E-state index is 0.0532. The van der Waals surface area contributed by atoms with Crippen molar-refractivity contribution in [2.24, 2.45) is 0 Å². The SMILES string of the molecule is [O]c1cc(O)cc2cccc(O)c12. The molecular weight excluding hydrogens is 168 g/mol. The summed E-state index contributed by atoms with van der Waals surface area (Å²) in [6.07, 6.45) is 0. The van der Waals surface area contributed by atoms with E-state index in [2.05, 4.69) is 0 Å². The molecule has 1 radical (unpaired) electrons. The number of phenolic OH excluding ortho intramolecular Hbond substituents is 2. The van der Waals surface area contributed by atoms with E-state index in [0.29, 0.717) is 5.39 Å². The van der Waals surface area contributed by atoms with Gasteiger partial charge < -0.3 is 10.2 Å². The maximum Gasteiger partial charge on any atom is 0.193 e. The van der Waals surface area contributed by atoms with Gasteiger partial charge in [0.25, 0.3) is 0 Å². The van der Waals surface area contributed by atoms with Crippen molar-refractivity contribution in [2.45, 2.75) is 0 Å². The van der Waals surface area contributed by atoms with Crippen molar-refractivity contribution in [3.63, 3.8) is 0 Å². The molecule has 2 aromatic carbocycles. The van der Waals surface area contributed by atoms with Crippen LogP contribution in [0.2, 0.25) is 0 Å². The molecule has 0 saturated heterocycles. The summed E-state index contributed by atoms with van der Waals surface area (Å²) < 4.78 is 0. The Balaban J connectivity index is 2.94. The van der Waals surface area contributed by atoms with Crippen molar-refractivity contribution in [3.05, 3.63) is 30.3 Å². The van der Waals surface area contributed by atoms with E-state index >= 15 is 0 Å². The Bertz CT molecular complexity index is 463. The standard InChI is InChI=1S/C10H7O3/c11-7-4-6-2-1-3-8(12)10(6)9(13)5-7/h1-5,11-12H. The maximum atomic E-state index is 11.3. The molecule has 0 saturated carbocycles. The lowest BCUT2D eigenvalue weighted by atomic mass is 10.1. The maximum absolute atomic E-state index is 11.3. The van der Waals surface area contributed by atoms with Crippen molar-refractivity contribution < 1.29 is 15.3 Å². The van der Waals surface area contributed by atoms with Gasteiger partial charge >= 0.3 is 0 Å². The van der Waals surface area contributed by atoms with Crippen molar-refractivity contribution in [3.8, 4) is 17.2 Å². The van der Waals surface area contributed by atoms with Crippen LogP contribution < -0.4 is 0 Å². The molecule has 0 atom stereocenters. The summed E-state index contributed by atoms with van der Waals surface area (Å²) in [5.74, 6) is -0.501. The zero-order valence-corrected chi connectivity index (χ0v) is 6.69. The molecule has 13 heavy (non-hydrogen) atoms. The second-order valence-corrected chi connectivity index (χ2v) is 2.82. The summed E-state index contributed by atoms with van der Waals surface area (Å²) in [5.41, 5.74) is 0. The molecule has 0 aromatic heterocycles.